The molecule has 12 heteroatoms. The zero-order valence-corrected chi connectivity index (χ0v) is 29.3. The Kier molecular flexibility index (Phi) is 10.3. The Bertz CT molecular complexity index is 2320. The van der Waals surface area contributed by atoms with Crippen molar-refractivity contribution in [1.82, 2.24) is 35.5 Å². The lowest BCUT2D eigenvalue weighted by Gasteiger charge is -2.36. The monoisotopic (exact) mass is 721 g/mol. The quantitative estimate of drug-likeness (QED) is 0.134. The fourth-order valence-electron chi connectivity index (χ4n) is 6.22. The van der Waals surface area contributed by atoms with Crippen molar-refractivity contribution in [2.24, 2.45) is 0 Å². The molecule has 0 bridgehead atoms. The van der Waals surface area contributed by atoms with E-state index in [0.29, 0.717) is 29.4 Å². The SMILES string of the molecule is O=C(NCc1cccc(-c2ccc(C3OC(CSc4nnnn4-c4ccccc4)CC(c4ccc(CO)cc4)O3)cc2)c1)c1cnc2ccccc2n1. The van der Waals surface area contributed by atoms with Gasteiger partial charge in [-0.2, -0.15) is 4.68 Å². The number of nitrogens with zero attached hydrogens (tertiary/aromatic N) is 6. The van der Waals surface area contributed by atoms with Gasteiger partial charge in [0.25, 0.3) is 5.91 Å². The molecule has 264 valence electrons. The number of amides is 1. The average molecular weight is 722 g/mol. The molecular formula is C41H35N7O4S. The number of fused-ring (bicyclic) bond motifs is 1. The Labute approximate surface area is 310 Å². The number of nitrogens with one attached hydrogen (secondary N) is 1. The Morgan fingerprint density at radius 2 is 1.58 bits per heavy atom. The van der Waals surface area contributed by atoms with Gasteiger partial charge in [0.05, 0.1) is 41.7 Å². The fraction of sp³-hybridized carbons (Fsp3) is 0.171. The van der Waals surface area contributed by atoms with Crippen LogP contribution in [-0.2, 0) is 22.6 Å². The van der Waals surface area contributed by atoms with Gasteiger partial charge in [0, 0.05) is 24.3 Å². The van der Waals surface area contributed by atoms with Crippen molar-refractivity contribution < 1.29 is 19.4 Å². The summed E-state index contributed by atoms with van der Waals surface area (Å²) in [5, 5.41) is 25.6. The van der Waals surface area contributed by atoms with Gasteiger partial charge in [0.1, 0.15) is 5.69 Å². The van der Waals surface area contributed by atoms with Crippen LogP contribution in [0.2, 0.25) is 0 Å². The molecular weight excluding hydrogens is 687 g/mol. The lowest BCUT2D eigenvalue weighted by Crippen LogP contribution is -2.31. The first-order chi connectivity index (χ1) is 26.1. The van der Waals surface area contributed by atoms with Crippen molar-refractivity contribution in [2.75, 3.05) is 5.75 Å². The second-order valence-corrected chi connectivity index (χ2v) is 13.6. The van der Waals surface area contributed by atoms with Gasteiger partial charge in [-0.1, -0.05) is 109 Å². The number of carbonyl (C=O) groups is 1. The third-order valence-corrected chi connectivity index (χ3v) is 10.1. The molecule has 2 N–H and O–H groups in total. The van der Waals surface area contributed by atoms with Crippen LogP contribution in [0.15, 0.2) is 139 Å². The Balaban J connectivity index is 0.961. The van der Waals surface area contributed by atoms with E-state index in [1.807, 2.05) is 109 Å². The van der Waals surface area contributed by atoms with Crippen LogP contribution < -0.4 is 5.32 Å². The van der Waals surface area contributed by atoms with Crippen LogP contribution in [0.1, 0.15) is 51.6 Å². The highest BCUT2D eigenvalue weighted by atomic mass is 32.2. The predicted molar refractivity (Wildman–Crippen MR) is 201 cm³/mol. The van der Waals surface area contributed by atoms with E-state index >= 15 is 0 Å². The summed E-state index contributed by atoms with van der Waals surface area (Å²) in [5.74, 6) is 0.340. The average Bonchev–Trinajstić information content (AvgIpc) is 3.71. The standard InChI is InChI=1S/C41H35N7O4S/c49-25-27-13-15-30(16-14-27)38-22-34(26-53-41-45-46-47-48(41)33-9-2-1-3-10-33)51-40(52-38)31-19-17-29(18-20-31)32-8-6-7-28(21-32)23-43-39(50)37-24-42-35-11-4-5-12-36(35)44-37/h1-21,24,34,38,40,49H,22-23,25-26H2,(H,43,50). The van der Waals surface area contributed by atoms with Gasteiger partial charge in [-0.15, -0.1) is 5.10 Å². The van der Waals surface area contributed by atoms with Gasteiger partial charge in [-0.05, 0) is 68.6 Å². The lowest BCUT2D eigenvalue weighted by atomic mass is 9.99. The molecule has 0 spiro atoms. The number of hydrogen-bond acceptors (Lipinski definition) is 10. The zero-order valence-electron chi connectivity index (χ0n) is 28.5. The van der Waals surface area contributed by atoms with Crippen LogP contribution >= 0.6 is 11.8 Å². The molecule has 3 atom stereocenters. The van der Waals surface area contributed by atoms with Gasteiger partial charge >= 0.3 is 0 Å². The normalized spacial score (nSPS) is 17.1. The minimum absolute atomic E-state index is 0.0165. The highest BCUT2D eigenvalue weighted by Gasteiger charge is 2.32. The number of rotatable bonds is 11. The van der Waals surface area contributed by atoms with Crippen molar-refractivity contribution >= 4 is 28.7 Å². The summed E-state index contributed by atoms with van der Waals surface area (Å²) >= 11 is 1.54. The van der Waals surface area contributed by atoms with Gasteiger partial charge in [-0.3, -0.25) is 9.78 Å². The number of tetrazole rings is 1. The zero-order chi connectivity index (χ0) is 36.0. The number of thioether (sulfide) groups is 1. The topological polar surface area (TPSA) is 137 Å². The first kappa shape index (κ1) is 34.3. The minimum atomic E-state index is -0.601. The molecule has 5 aromatic carbocycles. The molecule has 1 fully saturated rings. The molecule has 0 saturated carbocycles. The van der Waals surface area contributed by atoms with Crippen LogP contribution in [0.5, 0.6) is 0 Å². The smallest absolute Gasteiger partial charge is 0.271 e. The molecule has 11 nitrogen and oxygen atoms in total. The van der Waals surface area contributed by atoms with Crippen LogP contribution in [0.25, 0.3) is 27.8 Å². The first-order valence-electron chi connectivity index (χ1n) is 17.3. The van der Waals surface area contributed by atoms with Crippen molar-refractivity contribution in [2.45, 2.75) is 43.2 Å². The second kappa shape index (κ2) is 15.8. The van der Waals surface area contributed by atoms with Crippen LogP contribution in [-0.4, -0.2) is 53.0 Å². The van der Waals surface area contributed by atoms with Gasteiger partial charge in [0.2, 0.25) is 5.16 Å². The largest absolute Gasteiger partial charge is 0.392 e. The summed E-state index contributed by atoms with van der Waals surface area (Å²) in [4.78, 5) is 21.7. The number of aliphatic hydroxyl groups is 1. The van der Waals surface area contributed by atoms with Crippen molar-refractivity contribution in [3.63, 3.8) is 0 Å². The van der Waals surface area contributed by atoms with E-state index in [1.165, 1.54) is 6.20 Å². The molecule has 1 saturated heterocycles. The molecule has 8 rings (SSSR count). The first-order valence-corrected chi connectivity index (χ1v) is 18.2. The van der Waals surface area contributed by atoms with E-state index in [9.17, 15) is 9.90 Å². The molecule has 1 amide bonds. The molecule has 2 aromatic heterocycles. The molecule has 0 radical (unpaired) electrons. The summed E-state index contributed by atoms with van der Waals surface area (Å²) in [6.45, 7) is 0.332. The summed E-state index contributed by atoms with van der Waals surface area (Å²) < 4.78 is 14.9. The molecule has 3 heterocycles. The van der Waals surface area contributed by atoms with E-state index in [0.717, 1.165) is 44.6 Å². The van der Waals surface area contributed by atoms with Crippen LogP contribution in [0.4, 0.5) is 0 Å². The lowest BCUT2D eigenvalue weighted by molar-refractivity contribution is -0.245. The summed E-state index contributed by atoms with van der Waals surface area (Å²) in [6, 6.07) is 41.4. The highest BCUT2D eigenvalue weighted by molar-refractivity contribution is 7.99. The van der Waals surface area contributed by atoms with Crippen LogP contribution in [0, 0.1) is 0 Å². The second-order valence-electron chi connectivity index (χ2n) is 12.6. The number of hydrogen-bond donors (Lipinski definition) is 2. The maximum Gasteiger partial charge on any atom is 0.271 e. The van der Waals surface area contributed by atoms with Crippen molar-refractivity contribution in [1.29, 1.82) is 0 Å². The third kappa shape index (κ3) is 8.01. The Hall–Kier alpha value is -5.79. The number of aliphatic hydroxyl groups excluding tert-OH is 1. The van der Waals surface area contributed by atoms with Crippen LogP contribution in [0.3, 0.4) is 0 Å². The number of ether oxygens (including phenoxy) is 2. The highest BCUT2D eigenvalue weighted by Crippen LogP contribution is 2.40. The number of aromatic nitrogens is 6. The van der Waals surface area contributed by atoms with Gasteiger partial charge in [0.15, 0.2) is 6.29 Å². The van der Waals surface area contributed by atoms with Crippen molar-refractivity contribution in [3.8, 4) is 16.8 Å². The van der Waals surface area contributed by atoms with Gasteiger partial charge < -0.3 is 19.9 Å². The number of benzene rings is 5. The molecule has 53 heavy (non-hydrogen) atoms. The molecule has 7 aromatic rings. The molecule has 0 aliphatic carbocycles. The predicted octanol–water partition coefficient (Wildman–Crippen LogP) is 7.03. The molecule has 1 aliphatic heterocycles. The number of para-hydroxylation sites is 3. The Morgan fingerprint density at radius 3 is 2.40 bits per heavy atom. The number of carbonyl (C=O) groups excluding carboxylic acids is 1. The fourth-order valence-corrected chi connectivity index (χ4v) is 7.13. The van der Waals surface area contributed by atoms with E-state index in [2.05, 4.69) is 49.0 Å². The van der Waals surface area contributed by atoms with E-state index in [1.54, 1.807) is 16.4 Å². The minimum Gasteiger partial charge on any atom is -0.392 e. The molecule has 3 unspecified atom stereocenters. The Morgan fingerprint density at radius 1 is 0.811 bits per heavy atom. The van der Waals surface area contributed by atoms with E-state index < -0.39 is 6.29 Å². The maximum atomic E-state index is 12.9. The van der Waals surface area contributed by atoms with E-state index in [4.69, 9.17) is 9.47 Å². The summed E-state index contributed by atoms with van der Waals surface area (Å²) in [7, 11) is 0. The molecule has 1 aliphatic rings. The summed E-state index contributed by atoms with van der Waals surface area (Å²) in [5.41, 5.74) is 8.36. The summed E-state index contributed by atoms with van der Waals surface area (Å²) in [6.07, 6.45) is 1.17. The van der Waals surface area contributed by atoms with Gasteiger partial charge in [-0.25, -0.2) is 4.98 Å². The third-order valence-electron chi connectivity index (χ3n) is 9.03. The van der Waals surface area contributed by atoms with E-state index in [-0.39, 0.29) is 30.4 Å². The maximum absolute atomic E-state index is 12.9. The van der Waals surface area contributed by atoms with Crippen molar-refractivity contribution in [3.05, 3.63) is 162 Å².